The van der Waals surface area contributed by atoms with Gasteiger partial charge in [-0.3, -0.25) is 0 Å². The summed E-state index contributed by atoms with van der Waals surface area (Å²) in [5.74, 6) is 0.526. The van der Waals surface area contributed by atoms with Crippen molar-refractivity contribution in [3.63, 3.8) is 0 Å². The highest BCUT2D eigenvalue weighted by Gasteiger charge is 2.25. The lowest BCUT2D eigenvalue weighted by Gasteiger charge is -2.21. The molecule has 28 heavy (non-hydrogen) atoms. The minimum Gasteiger partial charge on any atom is -0.418 e. The first-order chi connectivity index (χ1) is 13.4. The maximum atomic E-state index is 10.2. The lowest BCUT2D eigenvalue weighted by molar-refractivity contribution is 0.159. The van der Waals surface area contributed by atoms with Crippen molar-refractivity contribution in [2.45, 2.75) is 32.6 Å². The topological polar surface area (TPSA) is 115 Å². The van der Waals surface area contributed by atoms with Crippen LogP contribution in [0.25, 0.3) is 11.5 Å². The molecule has 2 atom stereocenters. The normalized spacial score (nSPS) is 13.0. The number of nitriles is 1. The Kier molecular flexibility index (Phi) is 5.95. The Labute approximate surface area is 167 Å². The molecular weight excluding hydrogens is 380 g/mol. The molecule has 2 aromatic carbocycles. The van der Waals surface area contributed by atoms with Crippen molar-refractivity contribution < 1.29 is 14.6 Å². The molecule has 0 aliphatic heterocycles. The molecule has 0 amide bonds. The summed E-state index contributed by atoms with van der Waals surface area (Å²) < 4.78 is 5.76. The van der Waals surface area contributed by atoms with Gasteiger partial charge in [-0.15, -0.1) is 10.2 Å². The average Bonchev–Trinajstić information content (AvgIpc) is 3.18. The second kappa shape index (κ2) is 8.40. The molecule has 1 heterocycles. The van der Waals surface area contributed by atoms with Gasteiger partial charge in [0.1, 0.15) is 12.1 Å². The van der Waals surface area contributed by atoms with E-state index in [0.29, 0.717) is 33.3 Å². The van der Waals surface area contributed by atoms with Crippen molar-refractivity contribution in [3.8, 4) is 17.5 Å². The van der Waals surface area contributed by atoms with Crippen LogP contribution in [0.1, 0.15) is 35.5 Å². The van der Waals surface area contributed by atoms with Crippen LogP contribution in [0, 0.1) is 18.3 Å². The number of aliphatic hydroxyl groups is 2. The Balaban J connectivity index is 1.88. The average molecular weight is 399 g/mol. The number of hydrogen-bond acceptors (Lipinski definition) is 7. The number of benzene rings is 2. The first-order valence-corrected chi connectivity index (χ1v) is 8.99. The highest BCUT2D eigenvalue weighted by molar-refractivity contribution is 6.32. The van der Waals surface area contributed by atoms with Gasteiger partial charge < -0.3 is 19.9 Å². The van der Waals surface area contributed by atoms with Crippen LogP contribution in [0.4, 0.5) is 5.69 Å². The Morgan fingerprint density at radius 3 is 2.54 bits per heavy atom. The third-order valence-corrected chi connectivity index (χ3v) is 4.88. The van der Waals surface area contributed by atoms with Crippen LogP contribution in [-0.4, -0.2) is 26.5 Å². The molecule has 0 radical (unpaired) electrons. The van der Waals surface area contributed by atoms with Crippen LogP contribution < -0.4 is 5.32 Å². The van der Waals surface area contributed by atoms with Crippen molar-refractivity contribution in [2.24, 2.45) is 0 Å². The van der Waals surface area contributed by atoms with E-state index in [1.54, 1.807) is 50.2 Å². The van der Waals surface area contributed by atoms with Crippen molar-refractivity contribution >= 4 is 17.3 Å². The van der Waals surface area contributed by atoms with Crippen LogP contribution in [0.2, 0.25) is 5.02 Å². The first-order valence-electron chi connectivity index (χ1n) is 8.62. The lowest BCUT2D eigenvalue weighted by atomic mass is 10.1. The minimum atomic E-state index is -0.834. The van der Waals surface area contributed by atoms with Gasteiger partial charge in [0.2, 0.25) is 11.8 Å². The van der Waals surface area contributed by atoms with Gasteiger partial charge in [-0.1, -0.05) is 23.7 Å². The molecule has 8 heteroatoms. The predicted molar refractivity (Wildman–Crippen MR) is 105 cm³/mol. The molecule has 0 fully saturated rings. The van der Waals surface area contributed by atoms with E-state index in [-0.39, 0.29) is 12.5 Å². The van der Waals surface area contributed by atoms with E-state index in [9.17, 15) is 5.11 Å². The maximum Gasteiger partial charge on any atom is 0.247 e. The third kappa shape index (κ3) is 3.99. The second-order valence-electron chi connectivity index (χ2n) is 6.37. The molecule has 0 aliphatic carbocycles. The number of nitrogens with zero attached hydrogens (tertiary/aromatic N) is 3. The van der Waals surface area contributed by atoms with Crippen LogP contribution in [0.5, 0.6) is 0 Å². The largest absolute Gasteiger partial charge is 0.418 e. The summed E-state index contributed by atoms with van der Waals surface area (Å²) >= 11 is 6.22. The summed E-state index contributed by atoms with van der Waals surface area (Å²) in [5, 5.41) is 40.1. The number of anilines is 1. The molecule has 1 aromatic heterocycles. The molecule has 3 rings (SSSR count). The smallest absolute Gasteiger partial charge is 0.247 e. The molecule has 7 nitrogen and oxygen atoms in total. The van der Waals surface area contributed by atoms with Crippen LogP contribution in [0.3, 0.4) is 0 Å². The zero-order chi connectivity index (χ0) is 20.3. The standard InChI is InChI=1S/C20H19ClN4O3/c1-11-16(8-7-15(9-22)17(11)21)23-18(12(2)27)20-25-24-19(28-20)14-5-3-13(10-26)4-6-14/h3-8,12,18,23,26-27H,10H2,1-2H3/t12-,18?/m0/s1. The molecule has 0 saturated heterocycles. The van der Waals surface area contributed by atoms with E-state index in [2.05, 4.69) is 15.5 Å². The van der Waals surface area contributed by atoms with Gasteiger partial charge in [0.15, 0.2) is 0 Å². The van der Waals surface area contributed by atoms with Crippen molar-refractivity contribution in [1.29, 1.82) is 5.26 Å². The third-order valence-electron chi connectivity index (χ3n) is 4.39. The van der Waals surface area contributed by atoms with Gasteiger partial charge in [-0.05, 0) is 49.2 Å². The maximum absolute atomic E-state index is 10.2. The molecule has 0 saturated carbocycles. The van der Waals surface area contributed by atoms with Gasteiger partial charge in [0.05, 0.1) is 23.3 Å². The van der Waals surface area contributed by atoms with Gasteiger partial charge in [-0.25, -0.2) is 0 Å². The summed E-state index contributed by atoms with van der Waals surface area (Å²) in [6.45, 7) is 3.35. The van der Waals surface area contributed by atoms with Gasteiger partial charge in [-0.2, -0.15) is 5.26 Å². The molecule has 0 spiro atoms. The number of nitrogens with one attached hydrogen (secondary N) is 1. The predicted octanol–water partition coefficient (Wildman–Crippen LogP) is 3.60. The van der Waals surface area contributed by atoms with E-state index in [1.807, 2.05) is 6.07 Å². The highest BCUT2D eigenvalue weighted by Crippen LogP contribution is 2.31. The van der Waals surface area contributed by atoms with E-state index >= 15 is 0 Å². The molecule has 144 valence electrons. The van der Waals surface area contributed by atoms with Crippen LogP contribution in [-0.2, 0) is 6.61 Å². The van der Waals surface area contributed by atoms with Gasteiger partial charge in [0.25, 0.3) is 0 Å². The monoisotopic (exact) mass is 398 g/mol. The van der Waals surface area contributed by atoms with Crippen LogP contribution >= 0.6 is 11.6 Å². The van der Waals surface area contributed by atoms with E-state index in [4.69, 9.17) is 26.4 Å². The van der Waals surface area contributed by atoms with Gasteiger partial charge >= 0.3 is 0 Å². The van der Waals surface area contributed by atoms with Gasteiger partial charge in [0, 0.05) is 11.3 Å². The van der Waals surface area contributed by atoms with E-state index in [0.717, 1.165) is 5.56 Å². The molecular formula is C20H19ClN4O3. The second-order valence-corrected chi connectivity index (χ2v) is 6.75. The highest BCUT2D eigenvalue weighted by atomic mass is 35.5. The summed E-state index contributed by atoms with van der Waals surface area (Å²) in [5.41, 5.74) is 3.20. The first kappa shape index (κ1) is 19.8. The molecule has 3 N–H and O–H groups in total. The van der Waals surface area contributed by atoms with Crippen LogP contribution in [0.15, 0.2) is 40.8 Å². The fourth-order valence-electron chi connectivity index (χ4n) is 2.71. The summed E-state index contributed by atoms with van der Waals surface area (Å²) in [7, 11) is 0. The fourth-order valence-corrected chi connectivity index (χ4v) is 2.92. The quantitative estimate of drug-likeness (QED) is 0.581. The zero-order valence-electron chi connectivity index (χ0n) is 15.3. The van der Waals surface area contributed by atoms with Crippen molar-refractivity contribution in [1.82, 2.24) is 10.2 Å². The Bertz CT molecular complexity index is 1010. The number of aromatic nitrogens is 2. The van der Waals surface area contributed by atoms with E-state index < -0.39 is 12.1 Å². The number of aliphatic hydroxyl groups excluding tert-OH is 2. The summed E-state index contributed by atoms with van der Waals surface area (Å²) in [4.78, 5) is 0. The summed E-state index contributed by atoms with van der Waals surface area (Å²) in [6, 6.07) is 11.8. The molecule has 0 bridgehead atoms. The Morgan fingerprint density at radius 2 is 1.93 bits per heavy atom. The number of rotatable bonds is 6. The molecule has 1 unspecified atom stereocenters. The SMILES string of the molecule is Cc1c(NC(c2nnc(-c3ccc(CO)cc3)o2)[C@H](C)O)ccc(C#N)c1Cl. The fraction of sp³-hybridized carbons (Fsp3) is 0.250. The Hall–Kier alpha value is -2.92. The molecule has 0 aliphatic rings. The zero-order valence-corrected chi connectivity index (χ0v) is 16.1. The Morgan fingerprint density at radius 1 is 1.21 bits per heavy atom. The lowest BCUT2D eigenvalue weighted by Crippen LogP contribution is -2.23. The number of halogens is 1. The minimum absolute atomic E-state index is 0.0457. The van der Waals surface area contributed by atoms with Crippen molar-refractivity contribution in [2.75, 3.05) is 5.32 Å². The molecule has 3 aromatic rings. The van der Waals surface area contributed by atoms with E-state index in [1.165, 1.54) is 0 Å². The van der Waals surface area contributed by atoms with Crippen molar-refractivity contribution in [3.05, 3.63) is 64.0 Å². The summed E-state index contributed by atoms with van der Waals surface area (Å²) in [6.07, 6.45) is -0.834. The number of hydrogen-bond donors (Lipinski definition) is 3.